The van der Waals surface area contributed by atoms with Gasteiger partial charge in [-0.2, -0.15) is 0 Å². The van der Waals surface area contributed by atoms with E-state index in [2.05, 4.69) is 19.2 Å². The lowest BCUT2D eigenvalue weighted by Gasteiger charge is -2.23. The quantitative estimate of drug-likeness (QED) is 0.805. The lowest BCUT2D eigenvalue weighted by Crippen LogP contribution is -2.23. The normalized spacial score (nSPS) is 13.3. The Hall–Kier alpha value is -0.890. The third-order valence-electron chi connectivity index (χ3n) is 2.77. The van der Waals surface area contributed by atoms with Crippen LogP contribution in [0.25, 0.3) is 0 Å². The molecule has 0 saturated carbocycles. The Balaban J connectivity index is 3.23. The van der Waals surface area contributed by atoms with Crippen molar-refractivity contribution >= 4 is 0 Å². The molecule has 1 rings (SSSR count). The lowest BCUT2D eigenvalue weighted by atomic mass is 9.91. The van der Waals surface area contributed by atoms with E-state index in [-0.39, 0.29) is 11.9 Å². The number of rotatable bonds is 3. The van der Waals surface area contributed by atoms with Gasteiger partial charge in [-0.25, -0.2) is 4.39 Å². The van der Waals surface area contributed by atoms with Crippen LogP contribution in [0, 0.1) is 25.6 Å². The summed E-state index contributed by atoms with van der Waals surface area (Å²) in [7, 11) is 1.88. The van der Waals surface area contributed by atoms with Crippen molar-refractivity contribution in [3.63, 3.8) is 0 Å². The SMILES string of the molecule is CNC(c1c(C)cc(C)cc1F)C(C)C. The molecule has 2 heteroatoms. The van der Waals surface area contributed by atoms with Crippen molar-refractivity contribution in [2.45, 2.75) is 33.7 Å². The number of benzene rings is 1. The summed E-state index contributed by atoms with van der Waals surface area (Å²) in [4.78, 5) is 0. The predicted molar refractivity (Wildman–Crippen MR) is 62.5 cm³/mol. The highest BCUT2D eigenvalue weighted by molar-refractivity contribution is 5.34. The summed E-state index contributed by atoms with van der Waals surface area (Å²) in [5.74, 6) is 0.284. The van der Waals surface area contributed by atoms with Gasteiger partial charge < -0.3 is 5.32 Å². The Morgan fingerprint density at radius 1 is 1.20 bits per heavy atom. The van der Waals surface area contributed by atoms with Crippen molar-refractivity contribution in [3.8, 4) is 0 Å². The van der Waals surface area contributed by atoms with Crippen molar-refractivity contribution in [1.82, 2.24) is 5.32 Å². The number of aryl methyl sites for hydroxylation is 2. The molecule has 84 valence electrons. The Kier molecular flexibility index (Phi) is 3.86. The molecule has 1 aromatic carbocycles. The van der Waals surface area contributed by atoms with Crippen molar-refractivity contribution in [2.24, 2.45) is 5.92 Å². The minimum Gasteiger partial charge on any atom is -0.313 e. The molecule has 0 aliphatic heterocycles. The van der Waals surface area contributed by atoms with Gasteiger partial charge >= 0.3 is 0 Å². The van der Waals surface area contributed by atoms with E-state index < -0.39 is 0 Å². The van der Waals surface area contributed by atoms with Crippen LogP contribution in [0.1, 0.15) is 36.6 Å². The first-order valence-electron chi connectivity index (χ1n) is 5.41. The van der Waals surface area contributed by atoms with Gasteiger partial charge in [-0.1, -0.05) is 19.9 Å². The molecule has 0 amide bonds. The fourth-order valence-electron chi connectivity index (χ4n) is 2.13. The van der Waals surface area contributed by atoms with E-state index in [4.69, 9.17) is 0 Å². The van der Waals surface area contributed by atoms with Crippen LogP contribution in [-0.4, -0.2) is 7.05 Å². The van der Waals surface area contributed by atoms with Crippen LogP contribution >= 0.6 is 0 Å². The highest BCUT2D eigenvalue weighted by Crippen LogP contribution is 2.27. The molecule has 1 nitrogen and oxygen atoms in total. The summed E-state index contributed by atoms with van der Waals surface area (Å²) in [5.41, 5.74) is 2.81. The predicted octanol–water partition coefficient (Wildman–Crippen LogP) is 3.36. The maximum atomic E-state index is 13.9. The average Bonchev–Trinajstić information content (AvgIpc) is 2.09. The van der Waals surface area contributed by atoms with Gasteiger partial charge in [0.15, 0.2) is 0 Å². The van der Waals surface area contributed by atoms with Gasteiger partial charge in [-0.3, -0.25) is 0 Å². The van der Waals surface area contributed by atoms with Crippen LogP contribution in [0.3, 0.4) is 0 Å². The second kappa shape index (κ2) is 4.75. The van der Waals surface area contributed by atoms with Crippen LogP contribution < -0.4 is 5.32 Å². The summed E-state index contributed by atoms with van der Waals surface area (Å²) in [6.07, 6.45) is 0. The third-order valence-corrected chi connectivity index (χ3v) is 2.77. The fourth-order valence-corrected chi connectivity index (χ4v) is 2.13. The van der Waals surface area contributed by atoms with E-state index in [0.717, 1.165) is 16.7 Å². The summed E-state index contributed by atoms with van der Waals surface area (Å²) < 4.78 is 13.9. The standard InChI is InChI=1S/C13H20FN/c1-8(2)13(15-5)12-10(4)6-9(3)7-11(12)14/h6-8,13,15H,1-5H3. The first kappa shape index (κ1) is 12.2. The molecule has 1 atom stereocenters. The van der Waals surface area contributed by atoms with Crippen LogP contribution in [0.4, 0.5) is 4.39 Å². The van der Waals surface area contributed by atoms with Gasteiger partial charge in [0.25, 0.3) is 0 Å². The molecule has 0 heterocycles. The third kappa shape index (κ3) is 2.57. The van der Waals surface area contributed by atoms with Crippen LogP contribution in [0.5, 0.6) is 0 Å². The molecule has 0 aromatic heterocycles. The summed E-state index contributed by atoms with van der Waals surface area (Å²) in [6, 6.07) is 3.73. The molecule has 0 bridgehead atoms. The zero-order valence-electron chi connectivity index (χ0n) is 10.2. The molecular weight excluding hydrogens is 189 g/mol. The van der Waals surface area contributed by atoms with Crippen molar-refractivity contribution in [2.75, 3.05) is 7.05 Å². The van der Waals surface area contributed by atoms with Crippen LogP contribution in [0.2, 0.25) is 0 Å². The molecule has 0 radical (unpaired) electrons. The van der Waals surface area contributed by atoms with Crippen LogP contribution in [-0.2, 0) is 0 Å². The largest absolute Gasteiger partial charge is 0.313 e. The van der Waals surface area contributed by atoms with Crippen molar-refractivity contribution in [1.29, 1.82) is 0 Å². The Bertz CT molecular complexity index is 321. The molecule has 0 aliphatic rings. The molecule has 0 aliphatic carbocycles. The molecule has 0 fully saturated rings. The van der Waals surface area contributed by atoms with Gasteiger partial charge in [0.2, 0.25) is 0 Å². The molecule has 0 saturated heterocycles. The zero-order chi connectivity index (χ0) is 11.6. The maximum absolute atomic E-state index is 13.9. The second-order valence-electron chi connectivity index (χ2n) is 4.49. The molecule has 15 heavy (non-hydrogen) atoms. The molecule has 1 N–H and O–H groups in total. The molecule has 1 aromatic rings. The molecule has 0 spiro atoms. The van der Waals surface area contributed by atoms with E-state index in [9.17, 15) is 4.39 Å². The molecular formula is C13H20FN. The van der Waals surface area contributed by atoms with Crippen LogP contribution in [0.15, 0.2) is 12.1 Å². The number of halogens is 1. The van der Waals surface area contributed by atoms with E-state index in [1.165, 1.54) is 0 Å². The Morgan fingerprint density at radius 2 is 1.80 bits per heavy atom. The van der Waals surface area contributed by atoms with E-state index in [1.54, 1.807) is 6.07 Å². The number of hydrogen-bond acceptors (Lipinski definition) is 1. The maximum Gasteiger partial charge on any atom is 0.128 e. The smallest absolute Gasteiger partial charge is 0.128 e. The van der Waals surface area contributed by atoms with Gasteiger partial charge in [-0.15, -0.1) is 0 Å². The molecule has 1 unspecified atom stereocenters. The Morgan fingerprint density at radius 3 is 2.20 bits per heavy atom. The highest BCUT2D eigenvalue weighted by atomic mass is 19.1. The minimum absolute atomic E-state index is 0.0885. The van der Waals surface area contributed by atoms with E-state index in [1.807, 2.05) is 27.0 Å². The van der Waals surface area contributed by atoms with E-state index >= 15 is 0 Å². The fraction of sp³-hybridized carbons (Fsp3) is 0.538. The number of nitrogens with one attached hydrogen (secondary N) is 1. The van der Waals surface area contributed by atoms with Gasteiger partial charge in [-0.05, 0) is 44.0 Å². The second-order valence-corrected chi connectivity index (χ2v) is 4.49. The highest BCUT2D eigenvalue weighted by Gasteiger charge is 2.19. The Labute approximate surface area is 91.7 Å². The monoisotopic (exact) mass is 209 g/mol. The average molecular weight is 209 g/mol. The first-order valence-corrected chi connectivity index (χ1v) is 5.41. The zero-order valence-corrected chi connectivity index (χ0v) is 10.2. The van der Waals surface area contributed by atoms with Crippen molar-refractivity contribution < 1.29 is 4.39 Å². The first-order chi connectivity index (χ1) is 6.97. The summed E-state index contributed by atoms with van der Waals surface area (Å²) in [5, 5.41) is 3.18. The lowest BCUT2D eigenvalue weighted by molar-refractivity contribution is 0.422. The van der Waals surface area contributed by atoms with Gasteiger partial charge in [0.1, 0.15) is 5.82 Å². The van der Waals surface area contributed by atoms with Crippen molar-refractivity contribution in [3.05, 3.63) is 34.6 Å². The summed E-state index contributed by atoms with van der Waals surface area (Å²) >= 11 is 0. The topological polar surface area (TPSA) is 12.0 Å². The van der Waals surface area contributed by atoms with Gasteiger partial charge in [0.05, 0.1) is 0 Å². The summed E-state index contributed by atoms with van der Waals surface area (Å²) in [6.45, 7) is 8.08. The number of hydrogen-bond donors (Lipinski definition) is 1. The minimum atomic E-state index is -0.0967. The van der Waals surface area contributed by atoms with Gasteiger partial charge in [0, 0.05) is 11.6 Å². The van der Waals surface area contributed by atoms with E-state index in [0.29, 0.717) is 5.92 Å².